The first-order valence-corrected chi connectivity index (χ1v) is 14.8. The van der Waals surface area contributed by atoms with Gasteiger partial charge in [0, 0.05) is 33.8 Å². The number of carbonyl (C=O) groups is 4. The lowest BCUT2D eigenvalue weighted by molar-refractivity contribution is -0.288. The molecule has 0 amide bonds. The smallest absolute Gasteiger partial charge is 0.303 e. The van der Waals surface area contributed by atoms with E-state index in [1.54, 1.807) is 31.2 Å². The van der Waals surface area contributed by atoms with Gasteiger partial charge in [0.2, 0.25) is 24.6 Å². The molecule has 14 nitrogen and oxygen atoms in total. The Kier molecular flexibility index (Phi) is 9.70. The quantitative estimate of drug-likeness (QED) is 0.242. The van der Waals surface area contributed by atoms with E-state index in [4.69, 9.17) is 42.3 Å². The summed E-state index contributed by atoms with van der Waals surface area (Å²) < 4.78 is 50.9. The van der Waals surface area contributed by atoms with E-state index in [0.717, 1.165) is 20.8 Å². The Morgan fingerprint density at radius 2 is 1.49 bits per heavy atom. The summed E-state index contributed by atoms with van der Waals surface area (Å²) in [4.78, 5) is 62.0. The molecule has 2 aromatic carbocycles. The second kappa shape index (κ2) is 13.7. The molecule has 2 aliphatic heterocycles. The van der Waals surface area contributed by atoms with Crippen LogP contribution in [-0.4, -0.2) is 68.0 Å². The summed E-state index contributed by atoms with van der Waals surface area (Å²) in [5.41, 5.74) is 1.44. The maximum Gasteiger partial charge on any atom is 0.303 e. The van der Waals surface area contributed by atoms with E-state index in [1.165, 1.54) is 13.0 Å². The van der Waals surface area contributed by atoms with Crippen molar-refractivity contribution in [1.29, 1.82) is 0 Å². The summed E-state index contributed by atoms with van der Waals surface area (Å²) in [5, 5.41) is 0.286. The van der Waals surface area contributed by atoms with Gasteiger partial charge in [0.15, 0.2) is 23.7 Å². The SMILES string of the molecule is CCc1cc2c(=O)c(-c3ccc4c(c3)OCO4)c(C)oc2cc1O[C@@H]1OC(COC(C)=O)[C@H](OC(C)=O)C(OC(C)=O)C1OC(C)=O. The van der Waals surface area contributed by atoms with Gasteiger partial charge in [0.1, 0.15) is 29.8 Å². The van der Waals surface area contributed by atoms with Gasteiger partial charge in [-0.15, -0.1) is 0 Å². The van der Waals surface area contributed by atoms with Crippen LogP contribution in [0.5, 0.6) is 17.2 Å². The molecule has 0 spiro atoms. The largest absolute Gasteiger partial charge is 0.463 e. The van der Waals surface area contributed by atoms with Crippen LogP contribution in [0.4, 0.5) is 0 Å². The molecule has 0 aliphatic carbocycles. The van der Waals surface area contributed by atoms with Crippen molar-refractivity contribution in [1.82, 2.24) is 0 Å². The Hall–Kier alpha value is -5.11. The molecule has 0 saturated carbocycles. The second-order valence-corrected chi connectivity index (χ2v) is 10.9. The number of hydrogen-bond acceptors (Lipinski definition) is 14. The standard InChI is InChI=1S/C33H34O14/c1-7-20-10-22-25(42-15(2)28(29(22)38)21-8-9-23-26(11-21)41-14-40-23)12-24(20)46-33-32(45-19(6)37)31(44-18(5)36)30(43-17(4)35)27(47-33)13-39-16(3)34/h8-12,27,30-33H,7,13-14H2,1-6H3/t27?,30-,31?,32?,33+/m0/s1. The number of rotatable bonds is 9. The second-order valence-electron chi connectivity index (χ2n) is 10.9. The molecule has 2 aliphatic rings. The van der Waals surface area contributed by atoms with Crippen LogP contribution in [-0.2, 0) is 49.3 Å². The first-order valence-electron chi connectivity index (χ1n) is 14.8. The molecule has 47 heavy (non-hydrogen) atoms. The number of fused-ring (bicyclic) bond motifs is 2. The fraction of sp³-hybridized carbons (Fsp3) is 0.424. The molecule has 3 unspecified atom stereocenters. The maximum absolute atomic E-state index is 13.8. The molecular formula is C33H34O14. The molecule has 3 heterocycles. The van der Waals surface area contributed by atoms with Gasteiger partial charge in [-0.05, 0) is 42.7 Å². The lowest BCUT2D eigenvalue weighted by Crippen LogP contribution is -2.63. The van der Waals surface area contributed by atoms with Crippen molar-refractivity contribution >= 4 is 34.8 Å². The predicted octanol–water partition coefficient (Wildman–Crippen LogP) is 3.52. The number of ether oxygens (including phenoxy) is 8. The fourth-order valence-corrected chi connectivity index (χ4v) is 5.56. The average Bonchev–Trinajstić information content (AvgIpc) is 3.46. The van der Waals surface area contributed by atoms with Crippen LogP contribution in [0.25, 0.3) is 22.1 Å². The van der Waals surface area contributed by atoms with Crippen molar-refractivity contribution in [3.8, 4) is 28.4 Å². The molecule has 0 bridgehead atoms. The van der Waals surface area contributed by atoms with Gasteiger partial charge in [-0.3, -0.25) is 24.0 Å². The number of carbonyl (C=O) groups excluding carboxylic acids is 4. The molecule has 14 heteroatoms. The van der Waals surface area contributed by atoms with E-state index >= 15 is 0 Å². The topological polar surface area (TPSA) is 172 Å². The highest BCUT2D eigenvalue weighted by Gasteiger charge is 2.53. The highest BCUT2D eigenvalue weighted by Crippen LogP contribution is 2.38. The highest BCUT2D eigenvalue weighted by molar-refractivity contribution is 5.85. The van der Waals surface area contributed by atoms with Crippen molar-refractivity contribution in [2.45, 2.75) is 78.7 Å². The zero-order chi connectivity index (χ0) is 34.0. The number of benzene rings is 2. The summed E-state index contributed by atoms with van der Waals surface area (Å²) in [6.07, 6.45) is -6.44. The molecule has 1 aromatic heterocycles. The van der Waals surface area contributed by atoms with Crippen LogP contribution in [0.15, 0.2) is 39.5 Å². The minimum absolute atomic E-state index is 0.0896. The first-order chi connectivity index (χ1) is 22.4. The molecule has 5 rings (SSSR count). The molecule has 250 valence electrons. The molecule has 1 fully saturated rings. The Morgan fingerprint density at radius 1 is 0.830 bits per heavy atom. The summed E-state index contributed by atoms with van der Waals surface area (Å²) in [7, 11) is 0. The van der Waals surface area contributed by atoms with Crippen molar-refractivity contribution in [2.24, 2.45) is 0 Å². The third kappa shape index (κ3) is 7.17. The third-order valence-electron chi connectivity index (χ3n) is 7.48. The van der Waals surface area contributed by atoms with Gasteiger partial charge in [-0.1, -0.05) is 13.0 Å². The van der Waals surface area contributed by atoms with Gasteiger partial charge in [0.05, 0.1) is 10.9 Å². The van der Waals surface area contributed by atoms with Crippen LogP contribution < -0.4 is 19.6 Å². The normalized spacial score (nSPS) is 21.5. The van der Waals surface area contributed by atoms with Crippen LogP contribution in [0.1, 0.15) is 45.9 Å². The van der Waals surface area contributed by atoms with Gasteiger partial charge < -0.3 is 42.3 Å². The van der Waals surface area contributed by atoms with E-state index in [9.17, 15) is 24.0 Å². The van der Waals surface area contributed by atoms with Gasteiger partial charge in [0.25, 0.3) is 0 Å². The van der Waals surface area contributed by atoms with Crippen molar-refractivity contribution in [3.63, 3.8) is 0 Å². The zero-order valence-electron chi connectivity index (χ0n) is 26.6. The third-order valence-corrected chi connectivity index (χ3v) is 7.48. The minimum atomic E-state index is -1.46. The van der Waals surface area contributed by atoms with Crippen LogP contribution in [0.2, 0.25) is 0 Å². The maximum atomic E-state index is 13.8. The number of hydrogen-bond donors (Lipinski definition) is 0. The molecule has 3 aromatic rings. The van der Waals surface area contributed by atoms with E-state index in [-0.39, 0.29) is 28.9 Å². The highest BCUT2D eigenvalue weighted by atomic mass is 16.7. The van der Waals surface area contributed by atoms with Gasteiger partial charge >= 0.3 is 23.9 Å². The zero-order valence-corrected chi connectivity index (χ0v) is 26.6. The number of esters is 4. The lowest BCUT2D eigenvalue weighted by Gasteiger charge is -2.44. The molecule has 5 atom stereocenters. The van der Waals surface area contributed by atoms with E-state index in [0.29, 0.717) is 40.4 Å². The van der Waals surface area contributed by atoms with Crippen molar-refractivity contribution in [3.05, 3.63) is 51.9 Å². The Labute approximate surface area is 268 Å². The minimum Gasteiger partial charge on any atom is -0.463 e. The Morgan fingerprint density at radius 3 is 2.15 bits per heavy atom. The van der Waals surface area contributed by atoms with Crippen molar-refractivity contribution in [2.75, 3.05) is 13.4 Å². The molecule has 0 N–H and O–H groups in total. The predicted molar refractivity (Wildman–Crippen MR) is 161 cm³/mol. The Bertz CT molecular complexity index is 1780. The monoisotopic (exact) mass is 654 g/mol. The first kappa shape index (κ1) is 33.3. The van der Waals surface area contributed by atoms with E-state index < -0.39 is 61.2 Å². The van der Waals surface area contributed by atoms with Gasteiger partial charge in [-0.25, -0.2) is 0 Å². The fourth-order valence-electron chi connectivity index (χ4n) is 5.56. The summed E-state index contributed by atoms with van der Waals surface area (Å²) in [5.74, 6) is -1.30. The van der Waals surface area contributed by atoms with Crippen molar-refractivity contribution < 1.29 is 61.5 Å². The molecular weight excluding hydrogens is 620 g/mol. The van der Waals surface area contributed by atoms with Crippen LogP contribution in [0, 0.1) is 6.92 Å². The summed E-state index contributed by atoms with van der Waals surface area (Å²) in [6, 6.07) is 8.35. The molecule has 0 radical (unpaired) electrons. The Balaban J connectivity index is 1.56. The number of aryl methyl sites for hydroxylation is 2. The van der Waals surface area contributed by atoms with Gasteiger partial charge in [-0.2, -0.15) is 0 Å². The average molecular weight is 655 g/mol. The summed E-state index contributed by atoms with van der Waals surface area (Å²) in [6.45, 7) is 7.76. The van der Waals surface area contributed by atoms with Crippen LogP contribution >= 0.6 is 0 Å². The van der Waals surface area contributed by atoms with E-state index in [2.05, 4.69) is 0 Å². The lowest BCUT2D eigenvalue weighted by atomic mass is 9.97. The summed E-state index contributed by atoms with van der Waals surface area (Å²) >= 11 is 0. The molecule has 1 saturated heterocycles. The van der Waals surface area contributed by atoms with E-state index in [1.807, 2.05) is 6.92 Å². The van der Waals surface area contributed by atoms with Crippen LogP contribution in [0.3, 0.4) is 0 Å².